The van der Waals surface area contributed by atoms with Crippen molar-refractivity contribution in [3.63, 3.8) is 0 Å². The van der Waals surface area contributed by atoms with Gasteiger partial charge in [-0.3, -0.25) is 9.48 Å². The minimum atomic E-state index is -0.285. The van der Waals surface area contributed by atoms with Crippen LogP contribution in [0.3, 0.4) is 0 Å². The predicted octanol–water partition coefficient (Wildman–Crippen LogP) is 3.25. The van der Waals surface area contributed by atoms with Gasteiger partial charge < -0.3 is 9.84 Å². The predicted molar refractivity (Wildman–Crippen MR) is 88.7 cm³/mol. The maximum Gasteiger partial charge on any atom is 0.273 e. The highest BCUT2D eigenvalue weighted by Crippen LogP contribution is 2.20. The number of hydrogen-bond acceptors (Lipinski definition) is 4. The van der Waals surface area contributed by atoms with Crippen LogP contribution in [0.4, 0.5) is 0 Å². The summed E-state index contributed by atoms with van der Waals surface area (Å²) in [6, 6.07) is 11.2. The van der Waals surface area contributed by atoms with Gasteiger partial charge in [-0.15, -0.1) is 0 Å². The lowest BCUT2D eigenvalue weighted by atomic mass is 10.1. The van der Waals surface area contributed by atoms with Crippen LogP contribution < -0.4 is 5.32 Å². The highest BCUT2D eigenvalue weighted by atomic mass is 79.9. The van der Waals surface area contributed by atoms with Crippen molar-refractivity contribution in [1.29, 1.82) is 0 Å². The van der Waals surface area contributed by atoms with Gasteiger partial charge in [0.1, 0.15) is 0 Å². The minimum absolute atomic E-state index is 0.252. The SMILES string of the molecule is CCn1ncc(Br)c1CNC(=O)c1cc(-c2ccccc2)on1. The molecule has 23 heavy (non-hydrogen) atoms. The lowest BCUT2D eigenvalue weighted by Crippen LogP contribution is -2.24. The fourth-order valence-electron chi connectivity index (χ4n) is 2.21. The number of nitrogens with one attached hydrogen (secondary N) is 1. The van der Waals surface area contributed by atoms with E-state index in [1.165, 1.54) is 0 Å². The maximum absolute atomic E-state index is 12.2. The van der Waals surface area contributed by atoms with E-state index in [9.17, 15) is 4.79 Å². The molecule has 0 radical (unpaired) electrons. The highest BCUT2D eigenvalue weighted by Gasteiger charge is 2.15. The Balaban J connectivity index is 1.70. The molecule has 6 nitrogen and oxygen atoms in total. The number of aryl methyl sites for hydroxylation is 1. The molecule has 1 N–H and O–H groups in total. The summed E-state index contributed by atoms with van der Waals surface area (Å²) in [4.78, 5) is 12.2. The van der Waals surface area contributed by atoms with Crippen molar-refractivity contribution in [3.05, 3.63) is 58.5 Å². The summed E-state index contributed by atoms with van der Waals surface area (Å²) in [6.07, 6.45) is 1.72. The van der Waals surface area contributed by atoms with Crippen LogP contribution in [0.5, 0.6) is 0 Å². The summed E-state index contributed by atoms with van der Waals surface area (Å²) >= 11 is 3.43. The Bertz CT molecular complexity index is 811. The molecular weight excluding hydrogens is 360 g/mol. The summed E-state index contributed by atoms with van der Waals surface area (Å²) in [6.45, 7) is 3.09. The first kappa shape index (κ1) is 15.5. The monoisotopic (exact) mass is 374 g/mol. The van der Waals surface area contributed by atoms with Gasteiger partial charge in [-0.25, -0.2) is 0 Å². The standard InChI is InChI=1S/C16H15BrN4O2/c1-2-21-14(12(17)9-19-21)10-18-16(22)13-8-15(23-20-13)11-6-4-3-5-7-11/h3-9H,2,10H2,1H3,(H,18,22). The van der Waals surface area contributed by atoms with Crippen molar-refractivity contribution in [2.75, 3.05) is 0 Å². The van der Waals surface area contributed by atoms with E-state index in [4.69, 9.17) is 4.52 Å². The average molecular weight is 375 g/mol. The number of halogens is 1. The molecule has 0 spiro atoms. The molecule has 0 aliphatic rings. The van der Waals surface area contributed by atoms with Crippen molar-refractivity contribution in [2.24, 2.45) is 0 Å². The van der Waals surface area contributed by atoms with Gasteiger partial charge >= 0.3 is 0 Å². The van der Waals surface area contributed by atoms with Crippen LogP contribution >= 0.6 is 15.9 Å². The molecule has 0 aliphatic carbocycles. The Morgan fingerprint density at radius 1 is 1.35 bits per heavy atom. The molecule has 0 bridgehead atoms. The van der Waals surface area contributed by atoms with Gasteiger partial charge in [0.2, 0.25) is 0 Å². The second-order valence-electron chi connectivity index (χ2n) is 4.88. The van der Waals surface area contributed by atoms with Crippen LogP contribution in [0, 0.1) is 0 Å². The van der Waals surface area contributed by atoms with Crippen molar-refractivity contribution < 1.29 is 9.32 Å². The summed E-state index contributed by atoms with van der Waals surface area (Å²) < 4.78 is 7.93. The third kappa shape index (κ3) is 3.34. The molecule has 0 atom stereocenters. The molecule has 0 saturated carbocycles. The molecule has 7 heteroatoms. The first-order valence-electron chi connectivity index (χ1n) is 7.19. The van der Waals surface area contributed by atoms with Gasteiger partial charge in [-0.1, -0.05) is 35.5 Å². The molecule has 3 aromatic rings. The van der Waals surface area contributed by atoms with Gasteiger partial charge in [0.25, 0.3) is 5.91 Å². The van der Waals surface area contributed by atoms with Crippen LogP contribution in [0.1, 0.15) is 23.1 Å². The van der Waals surface area contributed by atoms with E-state index in [-0.39, 0.29) is 11.6 Å². The van der Waals surface area contributed by atoms with Crippen LogP contribution in [0.15, 0.2) is 51.6 Å². The zero-order valence-electron chi connectivity index (χ0n) is 12.5. The highest BCUT2D eigenvalue weighted by molar-refractivity contribution is 9.10. The zero-order valence-corrected chi connectivity index (χ0v) is 14.1. The van der Waals surface area contributed by atoms with E-state index in [0.29, 0.717) is 12.3 Å². The topological polar surface area (TPSA) is 73.0 Å². The number of carbonyl (C=O) groups is 1. The Kier molecular flexibility index (Phi) is 4.57. The van der Waals surface area contributed by atoms with Crippen LogP contribution in [0.2, 0.25) is 0 Å². The number of hydrogen-bond donors (Lipinski definition) is 1. The molecular formula is C16H15BrN4O2. The molecule has 118 valence electrons. The Hall–Kier alpha value is -2.41. The summed E-state index contributed by atoms with van der Waals surface area (Å²) in [7, 11) is 0. The van der Waals surface area contributed by atoms with Crippen molar-refractivity contribution >= 4 is 21.8 Å². The molecule has 2 heterocycles. The Morgan fingerprint density at radius 3 is 2.87 bits per heavy atom. The molecule has 1 aromatic carbocycles. The van der Waals surface area contributed by atoms with Crippen molar-refractivity contribution in [1.82, 2.24) is 20.3 Å². The van der Waals surface area contributed by atoms with Crippen molar-refractivity contribution in [3.8, 4) is 11.3 Å². The summed E-state index contributed by atoms with van der Waals surface area (Å²) in [5.74, 6) is 0.280. The van der Waals surface area contributed by atoms with E-state index < -0.39 is 0 Å². The largest absolute Gasteiger partial charge is 0.355 e. The fraction of sp³-hybridized carbons (Fsp3) is 0.188. The van der Waals surface area contributed by atoms with Crippen molar-refractivity contribution in [2.45, 2.75) is 20.0 Å². The van der Waals surface area contributed by atoms with Gasteiger partial charge in [0.15, 0.2) is 11.5 Å². The first-order valence-corrected chi connectivity index (χ1v) is 7.99. The third-order valence-corrected chi connectivity index (χ3v) is 4.08. The quantitative estimate of drug-likeness (QED) is 0.743. The van der Waals surface area contributed by atoms with Gasteiger partial charge in [-0.05, 0) is 22.9 Å². The third-order valence-electron chi connectivity index (χ3n) is 3.41. The molecule has 2 aromatic heterocycles. The van der Waals surface area contributed by atoms with Gasteiger partial charge in [-0.2, -0.15) is 5.10 Å². The van der Waals surface area contributed by atoms with E-state index >= 15 is 0 Å². The van der Waals surface area contributed by atoms with Crippen LogP contribution in [-0.2, 0) is 13.1 Å². The molecule has 0 saturated heterocycles. The average Bonchev–Trinajstić information content (AvgIpc) is 3.20. The number of carbonyl (C=O) groups excluding carboxylic acids is 1. The summed E-state index contributed by atoms with van der Waals surface area (Å²) in [5.41, 5.74) is 2.04. The Labute approximate surface area is 141 Å². The second kappa shape index (κ2) is 6.78. The van der Waals surface area contributed by atoms with Gasteiger partial charge in [0, 0.05) is 18.2 Å². The van der Waals surface area contributed by atoms with Crippen LogP contribution in [0.25, 0.3) is 11.3 Å². The number of rotatable bonds is 5. The lowest BCUT2D eigenvalue weighted by molar-refractivity contribution is 0.0941. The fourth-order valence-corrected chi connectivity index (χ4v) is 2.65. The number of aromatic nitrogens is 3. The molecule has 0 aliphatic heterocycles. The van der Waals surface area contributed by atoms with E-state index in [0.717, 1.165) is 22.3 Å². The number of benzene rings is 1. The van der Waals surface area contributed by atoms with E-state index in [1.807, 2.05) is 41.9 Å². The molecule has 3 rings (SSSR count). The van der Waals surface area contributed by atoms with E-state index in [1.54, 1.807) is 12.3 Å². The minimum Gasteiger partial charge on any atom is -0.355 e. The maximum atomic E-state index is 12.2. The summed E-state index contributed by atoms with van der Waals surface area (Å²) in [5, 5.41) is 10.9. The lowest BCUT2D eigenvalue weighted by Gasteiger charge is -2.06. The molecule has 0 unspecified atom stereocenters. The van der Waals surface area contributed by atoms with Crippen LogP contribution in [-0.4, -0.2) is 20.8 Å². The normalized spacial score (nSPS) is 10.7. The van der Waals surface area contributed by atoms with E-state index in [2.05, 4.69) is 31.5 Å². The second-order valence-corrected chi connectivity index (χ2v) is 5.73. The molecule has 1 amide bonds. The number of nitrogens with zero attached hydrogens (tertiary/aromatic N) is 3. The number of amides is 1. The van der Waals surface area contributed by atoms with Gasteiger partial charge in [0.05, 0.1) is 22.9 Å². The zero-order chi connectivity index (χ0) is 16.2. The molecule has 0 fully saturated rings. The Morgan fingerprint density at radius 2 is 2.13 bits per heavy atom. The first-order chi connectivity index (χ1) is 11.2. The smallest absolute Gasteiger partial charge is 0.273 e.